The first-order chi connectivity index (χ1) is 11.6. The summed E-state index contributed by atoms with van der Waals surface area (Å²) in [5, 5.41) is 9.70. The molecule has 24 heavy (non-hydrogen) atoms. The van der Waals surface area contributed by atoms with Crippen LogP contribution < -0.4 is 5.69 Å². The van der Waals surface area contributed by atoms with E-state index >= 15 is 0 Å². The van der Waals surface area contributed by atoms with Gasteiger partial charge >= 0.3 is 5.69 Å². The molecule has 7 nitrogen and oxygen atoms in total. The molecular weight excluding hydrogens is 324 g/mol. The van der Waals surface area contributed by atoms with Crippen LogP contribution in [0.5, 0.6) is 0 Å². The maximum atomic E-state index is 12.4. The molecule has 0 radical (unpaired) electrons. The third-order valence-electron chi connectivity index (χ3n) is 4.03. The van der Waals surface area contributed by atoms with Crippen LogP contribution in [0.4, 0.5) is 0 Å². The van der Waals surface area contributed by atoms with Crippen LogP contribution in [0.1, 0.15) is 12.6 Å². The highest BCUT2D eigenvalue weighted by atomic mass is 32.2. The Labute approximate surface area is 141 Å². The molecule has 0 fully saturated rings. The van der Waals surface area contributed by atoms with Gasteiger partial charge in [-0.2, -0.15) is 9.61 Å². The standard InChI is InChI=1S/C16H16N6OS/c1-4-21-8-11(9(2)19-21)14-18-15-10-6-5-7-12(24-3)13(10)17-16(23)22(15)20-14/h5-8H,4H2,1-3H3,(H,17,23). The van der Waals surface area contributed by atoms with Crippen molar-refractivity contribution in [1.29, 1.82) is 0 Å². The molecule has 122 valence electrons. The molecule has 0 saturated carbocycles. The van der Waals surface area contributed by atoms with Gasteiger partial charge in [-0.25, -0.2) is 9.78 Å². The van der Waals surface area contributed by atoms with Gasteiger partial charge in [-0.3, -0.25) is 4.68 Å². The number of hydrogen-bond acceptors (Lipinski definition) is 5. The van der Waals surface area contributed by atoms with E-state index in [0.29, 0.717) is 11.5 Å². The van der Waals surface area contributed by atoms with Gasteiger partial charge in [0.2, 0.25) is 0 Å². The fourth-order valence-corrected chi connectivity index (χ4v) is 3.40. The van der Waals surface area contributed by atoms with E-state index in [-0.39, 0.29) is 5.69 Å². The van der Waals surface area contributed by atoms with Crippen LogP contribution >= 0.6 is 11.8 Å². The maximum absolute atomic E-state index is 12.4. The van der Waals surface area contributed by atoms with Crippen molar-refractivity contribution < 1.29 is 0 Å². The van der Waals surface area contributed by atoms with E-state index < -0.39 is 0 Å². The van der Waals surface area contributed by atoms with E-state index in [1.54, 1.807) is 11.8 Å². The van der Waals surface area contributed by atoms with Crippen molar-refractivity contribution in [2.24, 2.45) is 0 Å². The molecule has 0 aliphatic heterocycles. The van der Waals surface area contributed by atoms with Crippen LogP contribution in [-0.4, -0.2) is 35.6 Å². The van der Waals surface area contributed by atoms with Gasteiger partial charge in [0.25, 0.3) is 0 Å². The number of para-hydroxylation sites is 1. The summed E-state index contributed by atoms with van der Waals surface area (Å²) in [5.41, 5.74) is 2.75. The molecule has 1 aromatic carbocycles. The molecule has 0 saturated heterocycles. The fourth-order valence-electron chi connectivity index (χ4n) is 2.82. The molecule has 0 aliphatic rings. The lowest BCUT2D eigenvalue weighted by molar-refractivity contribution is 0.653. The predicted molar refractivity (Wildman–Crippen MR) is 94.5 cm³/mol. The number of aromatic nitrogens is 6. The minimum absolute atomic E-state index is 0.293. The van der Waals surface area contributed by atoms with Crippen molar-refractivity contribution >= 4 is 28.3 Å². The van der Waals surface area contributed by atoms with E-state index in [9.17, 15) is 4.79 Å². The average Bonchev–Trinajstić information content (AvgIpc) is 3.18. The van der Waals surface area contributed by atoms with E-state index in [4.69, 9.17) is 0 Å². The zero-order valence-corrected chi connectivity index (χ0v) is 14.4. The monoisotopic (exact) mass is 340 g/mol. The number of rotatable bonds is 3. The summed E-state index contributed by atoms with van der Waals surface area (Å²) >= 11 is 1.59. The third kappa shape index (κ3) is 2.14. The van der Waals surface area contributed by atoms with E-state index in [2.05, 4.69) is 20.2 Å². The summed E-state index contributed by atoms with van der Waals surface area (Å²) in [7, 11) is 0. The highest BCUT2D eigenvalue weighted by Crippen LogP contribution is 2.27. The van der Waals surface area contributed by atoms with Crippen molar-refractivity contribution in [3.05, 3.63) is 40.6 Å². The molecular formula is C16H16N6OS. The topological polar surface area (TPSA) is 80.9 Å². The molecule has 3 aromatic heterocycles. The highest BCUT2D eigenvalue weighted by molar-refractivity contribution is 7.98. The summed E-state index contributed by atoms with van der Waals surface area (Å²) < 4.78 is 3.16. The van der Waals surface area contributed by atoms with Crippen LogP contribution in [0.3, 0.4) is 0 Å². The molecule has 0 amide bonds. The zero-order chi connectivity index (χ0) is 16.8. The molecule has 4 aromatic rings. The molecule has 3 heterocycles. The summed E-state index contributed by atoms with van der Waals surface area (Å²) in [6.45, 7) is 4.71. The minimum Gasteiger partial charge on any atom is -0.304 e. The first-order valence-corrected chi connectivity index (χ1v) is 8.85. The van der Waals surface area contributed by atoms with E-state index in [1.165, 1.54) is 4.52 Å². The predicted octanol–water partition coefficient (Wildman–Crippen LogP) is 2.48. The largest absolute Gasteiger partial charge is 0.348 e. The molecule has 0 aliphatic carbocycles. The lowest BCUT2D eigenvalue weighted by atomic mass is 10.2. The zero-order valence-electron chi connectivity index (χ0n) is 13.6. The Kier molecular flexibility index (Phi) is 3.42. The first-order valence-electron chi connectivity index (χ1n) is 7.62. The second-order valence-electron chi connectivity index (χ2n) is 5.47. The Bertz CT molecular complexity index is 1120. The Hall–Kier alpha value is -2.61. The number of hydrogen-bond donors (Lipinski definition) is 1. The molecule has 8 heteroatoms. The maximum Gasteiger partial charge on any atom is 0.348 e. The van der Waals surface area contributed by atoms with Crippen molar-refractivity contribution in [2.75, 3.05) is 6.26 Å². The number of aromatic amines is 1. The number of thioether (sulfide) groups is 1. The lowest BCUT2D eigenvalue weighted by Gasteiger charge is -2.03. The second-order valence-corrected chi connectivity index (χ2v) is 6.32. The molecule has 0 atom stereocenters. The third-order valence-corrected chi connectivity index (χ3v) is 4.81. The van der Waals surface area contributed by atoms with Crippen molar-refractivity contribution in [1.82, 2.24) is 29.4 Å². The van der Waals surface area contributed by atoms with Crippen LogP contribution in [0.25, 0.3) is 27.9 Å². The van der Waals surface area contributed by atoms with Crippen LogP contribution in [0, 0.1) is 6.92 Å². The van der Waals surface area contributed by atoms with E-state index in [1.807, 2.05) is 49.2 Å². The first kappa shape index (κ1) is 14.9. The average molecular weight is 340 g/mol. The van der Waals surface area contributed by atoms with Gasteiger partial charge in [0, 0.05) is 23.0 Å². The second kappa shape index (κ2) is 5.48. The quantitative estimate of drug-likeness (QED) is 0.580. The summed E-state index contributed by atoms with van der Waals surface area (Å²) in [4.78, 5) is 21.0. The normalized spacial score (nSPS) is 11.6. The number of aryl methyl sites for hydroxylation is 2. The molecule has 0 bridgehead atoms. The Morgan fingerprint density at radius 1 is 1.29 bits per heavy atom. The number of nitrogens with one attached hydrogen (secondary N) is 1. The Morgan fingerprint density at radius 3 is 2.83 bits per heavy atom. The van der Waals surface area contributed by atoms with Crippen molar-refractivity contribution in [2.45, 2.75) is 25.3 Å². The molecule has 0 unspecified atom stereocenters. The number of fused-ring (bicyclic) bond motifs is 3. The molecule has 4 rings (SSSR count). The SMILES string of the molecule is CCn1cc(-c2nc3c4cccc(SC)c4[nH]c(=O)n3n2)c(C)n1. The number of H-pyrrole nitrogens is 1. The van der Waals surface area contributed by atoms with Gasteiger partial charge in [0.1, 0.15) is 0 Å². The van der Waals surface area contributed by atoms with Gasteiger partial charge in [0.05, 0.1) is 16.8 Å². The number of benzene rings is 1. The minimum atomic E-state index is -0.293. The highest BCUT2D eigenvalue weighted by Gasteiger charge is 2.16. The lowest BCUT2D eigenvalue weighted by Crippen LogP contribution is -2.17. The van der Waals surface area contributed by atoms with Gasteiger partial charge < -0.3 is 4.98 Å². The summed E-state index contributed by atoms with van der Waals surface area (Å²) in [6.07, 6.45) is 3.89. The Balaban J connectivity index is 2.04. The van der Waals surface area contributed by atoms with E-state index in [0.717, 1.165) is 33.6 Å². The van der Waals surface area contributed by atoms with Crippen LogP contribution in [0.15, 0.2) is 34.1 Å². The fraction of sp³-hybridized carbons (Fsp3) is 0.250. The van der Waals surface area contributed by atoms with Crippen molar-refractivity contribution in [3.8, 4) is 11.4 Å². The van der Waals surface area contributed by atoms with Crippen LogP contribution in [0.2, 0.25) is 0 Å². The Morgan fingerprint density at radius 2 is 2.12 bits per heavy atom. The van der Waals surface area contributed by atoms with Gasteiger partial charge in [0.15, 0.2) is 11.5 Å². The van der Waals surface area contributed by atoms with Crippen molar-refractivity contribution in [3.63, 3.8) is 0 Å². The van der Waals surface area contributed by atoms with Gasteiger partial charge in [-0.05, 0) is 32.2 Å². The smallest absolute Gasteiger partial charge is 0.304 e. The molecule has 1 N–H and O–H groups in total. The number of nitrogens with zero attached hydrogens (tertiary/aromatic N) is 5. The summed E-state index contributed by atoms with van der Waals surface area (Å²) in [6, 6.07) is 5.88. The van der Waals surface area contributed by atoms with Gasteiger partial charge in [-0.15, -0.1) is 16.9 Å². The summed E-state index contributed by atoms with van der Waals surface area (Å²) in [5.74, 6) is 0.514. The molecule has 0 spiro atoms. The van der Waals surface area contributed by atoms with Gasteiger partial charge in [-0.1, -0.05) is 6.07 Å². The van der Waals surface area contributed by atoms with Crippen LogP contribution in [-0.2, 0) is 6.54 Å².